The minimum atomic E-state index is -0.0257. The van der Waals surface area contributed by atoms with E-state index < -0.39 is 0 Å². The van der Waals surface area contributed by atoms with Crippen molar-refractivity contribution in [3.05, 3.63) is 18.0 Å². The summed E-state index contributed by atoms with van der Waals surface area (Å²) < 4.78 is 0. The highest BCUT2D eigenvalue weighted by Crippen LogP contribution is 2.45. The van der Waals surface area contributed by atoms with Gasteiger partial charge in [-0.2, -0.15) is 5.10 Å². The molecule has 18 heavy (non-hydrogen) atoms. The Morgan fingerprint density at radius 2 is 1.94 bits per heavy atom. The van der Waals surface area contributed by atoms with Crippen LogP contribution in [0.4, 0.5) is 0 Å². The fourth-order valence-corrected chi connectivity index (χ4v) is 3.59. The first-order valence-electron chi connectivity index (χ1n) is 6.57. The van der Waals surface area contributed by atoms with Crippen molar-refractivity contribution in [2.45, 2.75) is 53.0 Å². The highest BCUT2D eigenvalue weighted by Gasteiger charge is 2.38. The van der Waals surface area contributed by atoms with Gasteiger partial charge in [-0.3, -0.25) is 9.89 Å². The van der Waals surface area contributed by atoms with Gasteiger partial charge in [0.15, 0.2) is 0 Å². The van der Waals surface area contributed by atoms with E-state index in [1.54, 1.807) is 12.4 Å². The lowest BCUT2D eigenvalue weighted by molar-refractivity contribution is 0.0713. The molecule has 100 valence electrons. The van der Waals surface area contributed by atoms with Crippen LogP contribution in [0.15, 0.2) is 12.4 Å². The topological polar surface area (TPSA) is 57.8 Å². The fraction of sp³-hybridized carbons (Fsp3) is 0.714. The largest absolute Gasteiger partial charge is 0.349 e. The van der Waals surface area contributed by atoms with Crippen molar-refractivity contribution in [3.8, 4) is 0 Å². The summed E-state index contributed by atoms with van der Waals surface area (Å²) in [6, 6.07) is 0.256. The maximum absolute atomic E-state index is 12.0. The second-order valence-electron chi connectivity index (χ2n) is 7.07. The highest BCUT2D eigenvalue weighted by atomic mass is 16.1. The van der Waals surface area contributed by atoms with Gasteiger partial charge in [-0.15, -0.1) is 0 Å². The third-order valence-electron chi connectivity index (χ3n) is 3.65. The van der Waals surface area contributed by atoms with Gasteiger partial charge in [0, 0.05) is 12.2 Å². The van der Waals surface area contributed by atoms with E-state index in [-0.39, 0.29) is 22.8 Å². The Kier molecular flexibility index (Phi) is 3.21. The van der Waals surface area contributed by atoms with Crippen LogP contribution in [0, 0.1) is 10.8 Å². The smallest absolute Gasteiger partial charge is 0.254 e. The number of nitrogens with zero attached hydrogens (tertiary/aromatic N) is 1. The van der Waals surface area contributed by atoms with Crippen molar-refractivity contribution >= 4 is 5.91 Å². The van der Waals surface area contributed by atoms with Crippen LogP contribution in [0.1, 0.15) is 57.3 Å². The van der Waals surface area contributed by atoms with Crippen LogP contribution in [0.3, 0.4) is 0 Å². The van der Waals surface area contributed by atoms with E-state index in [1.807, 2.05) is 0 Å². The standard InChI is InChI=1S/C14H23N3O/c1-13(2)5-11(6-14(3,4)9-13)17-12(18)10-7-15-16-8-10/h7-8,11H,5-6,9H2,1-4H3,(H,15,16)(H,17,18). The molecule has 1 amide bonds. The van der Waals surface area contributed by atoms with Gasteiger partial charge in [0.05, 0.1) is 11.8 Å². The molecule has 4 heteroatoms. The maximum atomic E-state index is 12.0. The van der Waals surface area contributed by atoms with E-state index in [2.05, 4.69) is 43.2 Å². The molecule has 0 spiro atoms. The summed E-state index contributed by atoms with van der Waals surface area (Å²) in [6.07, 6.45) is 6.49. The van der Waals surface area contributed by atoms with E-state index in [0.717, 1.165) is 12.8 Å². The normalized spacial score (nSPS) is 22.7. The van der Waals surface area contributed by atoms with Gasteiger partial charge < -0.3 is 5.32 Å². The molecule has 0 saturated heterocycles. The Bertz CT molecular complexity index is 404. The number of H-pyrrole nitrogens is 1. The van der Waals surface area contributed by atoms with Crippen molar-refractivity contribution in [3.63, 3.8) is 0 Å². The quantitative estimate of drug-likeness (QED) is 0.846. The van der Waals surface area contributed by atoms with Gasteiger partial charge in [-0.05, 0) is 30.1 Å². The Balaban J connectivity index is 2.03. The monoisotopic (exact) mass is 249 g/mol. The lowest BCUT2D eigenvalue weighted by atomic mass is 9.63. The molecule has 0 aromatic carbocycles. The average Bonchev–Trinajstić information content (AvgIpc) is 2.63. The van der Waals surface area contributed by atoms with Crippen molar-refractivity contribution in [2.24, 2.45) is 10.8 Å². The molecule has 0 radical (unpaired) electrons. The number of carbonyl (C=O) groups is 1. The van der Waals surface area contributed by atoms with Crippen molar-refractivity contribution in [2.75, 3.05) is 0 Å². The Labute approximate surface area is 109 Å². The zero-order valence-electron chi connectivity index (χ0n) is 11.7. The predicted octanol–water partition coefficient (Wildman–Crippen LogP) is 2.74. The van der Waals surface area contributed by atoms with Crippen LogP contribution in [0.25, 0.3) is 0 Å². The predicted molar refractivity (Wildman–Crippen MR) is 71.3 cm³/mol. The third kappa shape index (κ3) is 3.12. The highest BCUT2D eigenvalue weighted by molar-refractivity contribution is 5.93. The summed E-state index contributed by atoms with van der Waals surface area (Å²) in [5.41, 5.74) is 1.18. The van der Waals surface area contributed by atoms with Crippen molar-refractivity contribution in [1.29, 1.82) is 0 Å². The lowest BCUT2D eigenvalue weighted by Gasteiger charge is -2.45. The van der Waals surface area contributed by atoms with E-state index in [9.17, 15) is 4.79 Å². The fourth-order valence-electron chi connectivity index (χ4n) is 3.59. The van der Waals surface area contributed by atoms with E-state index in [0.29, 0.717) is 5.56 Å². The number of aromatic nitrogens is 2. The van der Waals surface area contributed by atoms with Crippen LogP contribution < -0.4 is 5.32 Å². The molecule has 1 aliphatic rings. The Hall–Kier alpha value is -1.32. The molecule has 1 heterocycles. The van der Waals surface area contributed by atoms with Gasteiger partial charge in [0.2, 0.25) is 0 Å². The molecule has 1 aromatic heterocycles. The molecule has 1 saturated carbocycles. The first-order chi connectivity index (χ1) is 8.27. The van der Waals surface area contributed by atoms with Gasteiger partial charge in [0.1, 0.15) is 0 Å². The average molecular weight is 249 g/mol. The SMILES string of the molecule is CC1(C)CC(NC(=O)c2cn[nH]c2)CC(C)(C)C1. The summed E-state index contributed by atoms with van der Waals surface area (Å²) in [7, 11) is 0. The second kappa shape index (κ2) is 4.41. The molecule has 0 aliphatic heterocycles. The number of nitrogens with one attached hydrogen (secondary N) is 2. The summed E-state index contributed by atoms with van der Waals surface area (Å²) in [5, 5.41) is 9.61. The number of hydrogen-bond acceptors (Lipinski definition) is 2. The molecule has 0 bridgehead atoms. The van der Waals surface area contributed by atoms with Crippen LogP contribution in [-0.4, -0.2) is 22.1 Å². The lowest BCUT2D eigenvalue weighted by Crippen LogP contribution is -2.45. The summed E-state index contributed by atoms with van der Waals surface area (Å²) in [5.74, 6) is -0.0257. The van der Waals surface area contributed by atoms with Crippen LogP contribution >= 0.6 is 0 Å². The first-order valence-corrected chi connectivity index (χ1v) is 6.57. The summed E-state index contributed by atoms with van der Waals surface area (Å²) >= 11 is 0. The molecule has 0 unspecified atom stereocenters. The third-order valence-corrected chi connectivity index (χ3v) is 3.65. The van der Waals surface area contributed by atoms with Gasteiger partial charge in [-0.25, -0.2) is 0 Å². The minimum absolute atomic E-state index is 0.0257. The molecule has 2 N–H and O–H groups in total. The number of carbonyl (C=O) groups excluding carboxylic acids is 1. The summed E-state index contributed by atoms with van der Waals surface area (Å²) in [6.45, 7) is 9.13. The number of hydrogen-bond donors (Lipinski definition) is 2. The Morgan fingerprint density at radius 3 is 2.44 bits per heavy atom. The minimum Gasteiger partial charge on any atom is -0.349 e. The number of rotatable bonds is 2. The molecular formula is C14H23N3O. The van der Waals surface area contributed by atoms with Crippen LogP contribution in [0.5, 0.6) is 0 Å². The van der Waals surface area contributed by atoms with E-state index >= 15 is 0 Å². The second-order valence-corrected chi connectivity index (χ2v) is 7.07. The molecule has 1 fully saturated rings. The molecular weight excluding hydrogens is 226 g/mol. The molecule has 2 rings (SSSR count). The van der Waals surface area contributed by atoms with Gasteiger partial charge in [-0.1, -0.05) is 27.7 Å². The molecule has 1 aromatic rings. The van der Waals surface area contributed by atoms with Gasteiger partial charge >= 0.3 is 0 Å². The van der Waals surface area contributed by atoms with Crippen LogP contribution in [0.2, 0.25) is 0 Å². The van der Waals surface area contributed by atoms with E-state index in [1.165, 1.54) is 6.42 Å². The number of amides is 1. The Morgan fingerprint density at radius 1 is 1.33 bits per heavy atom. The van der Waals surface area contributed by atoms with Crippen molar-refractivity contribution in [1.82, 2.24) is 15.5 Å². The molecule has 1 aliphatic carbocycles. The van der Waals surface area contributed by atoms with Crippen molar-refractivity contribution < 1.29 is 4.79 Å². The molecule has 4 nitrogen and oxygen atoms in total. The van der Waals surface area contributed by atoms with Gasteiger partial charge in [0.25, 0.3) is 5.91 Å². The maximum Gasteiger partial charge on any atom is 0.254 e. The summed E-state index contributed by atoms with van der Waals surface area (Å²) in [4.78, 5) is 12.0. The van der Waals surface area contributed by atoms with Crippen LogP contribution in [-0.2, 0) is 0 Å². The molecule has 0 atom stereocenters. The first kappa shape index (κ1) is 13.1. The van der Waals surface area contributed by atoms with E-state index in [4.69, 9.17) is 0 Å². The zero-order chi connectivity index (χ0) is 13.4. The number of aromatic amines is 1. The zero-order valence-corrected chi connectivity index (χ0v) is 11.7.